The van der Waals surface area contributed by atoms with Crippen LogP contribution in [0.2, 0.25) is 0 Å². The van der Waals surface area contributed by atoms with Crippen molar-refractivity contribution in [2.75, 3.05) is 25.6 Å². The lowest BCUT2D eigenvalue weighted by atomic mass is 10.1. The molecule has 0 aliphatic heterocycles. The Labute approximate surface area is 149 Å². The van der Waals surface area contributed by atoms with Crippen molar-refractivity contribution in [1.82, 2.24) is 5.32 Å². The molecule has 0 aromatic heterocycles. The molecule has 0 atom stereocenters. The van der Waals surface area contributed by atoms with Crippen molar-refractivity contribution >= 4 is 11.7 Å². The summed E-state index contributed by atoms with van der Waals surface area (Å²) in [5, 5.41) is 5.77. The Balaban J connectivity index is 1.87. The molecule has 0 bridgehead atoms. The second-order valence-corrected chi connectivity index (χ2v) is 5.87. The lowest BCUT2D eigenvalue weighted by Crippen LogP contribution is -2.30. The van der Waals surface area contributed by atoms with Crippen LogP contribution >= 0.6 is 0 Å². The number of hydrogen-bond acceptors (Lipinski definition) is 3. The van der Waals surface area contributed by atoms with Crippen molar-refractivity contribution in [3.05, 3.63) is 53.1 Å². The summed E-state index contributed by atoms with van der Waals surface area (Å²) in [6, 6.07) is 11.6. The van der Waals surface area contributed by atoms with Crippen LogP contribution in [0.3, 0.4) is 0 Å². The predicted octanol–water partition coefficient (Wildman–Crippen LogP) is 4.07. The average molecular weight is 342 g/mol. The van der Waals surface area contributed by atoms with Gasteiger partial charge in [-0.1, -0.05) is 18.2 Å². The zero-order chi connectivity index (χ0) is 18.2. The van der Waals surface area contributed by atoms with Crippen LogP contribution in [-0.2, 0) is 6.42 Å². The quantitative estimate of drug-likeness (QED) is 0.797. The fourth-order valence-electron chi connectivity index (χ4n) is 2.50. The molecule has 0 aliphatic carbocycles. The summed E-state index contributed by atoms with van der Waals surface area (Å²) in [5.41, 5.74) is 4.06. The molecule has 25 heavy (non-hydrogen) atoms. The number of amides is 2. The number of carbonyl (C=O) groups excluding carboxylic acids is 1. The van der Waals surface area contributed by atoms with Gasteiger partial charge in [0, 0.05) is 12.2 Å². The van der Waals surface area contributed by atoms with Gasteiger partial charge in [0.25, 0.3) is 0 Å². The Morgan fingerprint density at radius 3 is 2.60 bits per heavy atom. The molecular weight excluding hydrogens is 316 g/mol. The van der Waals surface area contributed by atoms with Crippen LogP contribution in [0, 0.1) is 13.8 Å². The SMILES string of the molecule is CCOc1ccc(CCNC(=O)Nc2cc(C)ccc2C)cc1OC. The van der Waals surface area contributed by atoms with Gasteiger partial charge in [-0.05, 0) is 62.1 Å². The Hall–Kier alpha value is -2.69. The number of ether oxygens (including phenoxy) is 2. The molecule has 0 fully saturated rings. The number of aryl methyl sites for hydroxylation is 2. The number of hydrogen-bond donors (Lipinski definition) is 2. The number of anilines is 1. The van der Waals surface area contributed by atoms with Gasteiger partial charge in [-0.3, -0.25) is 0 Å². The first kappa shape index (κ1) is 18.6. The maximum atomic E-state index is 12.1. The van der Waals surface area contributed by atoms with E-state index in [-0.39, 0.29) is 6.03 Å². The summed E-state index contributed by atoms with van der Waals surface area (Å²) in [5.74, 6) is 1.44. The van der Waals surface area contributed by atoms with Crippen molar-refractivity contribution < 1.29 is 14.3 Å². The second kappa shape index (κ2) is 8.97. The Morgan fingerprint density at radius 2 is 1.88 bits per heavy atom. The van der Waals surface area contributed by atoms with E-state index in [4.69, 9.17) is 9.47 Å². The second-order valence-electron chi connectivity index (χ2n) is 5.87. The Bertz CT molecular complexity index is 729. The van der Waals surface area contributed by atoms with Gasteiger partial charge in [-0.25, -0.2) is 4.79 Å². The van der Waals surface area contributed by atoms with Crippen LogP contribution in [0.1, 0.15) is 23.6 Å². The molecule has 134 valence electrons. The third kappa shape index (κ3) is 5.41. The Morgan fingerprint density at radius 1 is 1.08 bits per heavy atom. The molecule has 0 saturated heterocycles. The lowest BCUT2D eigenvalue weighted by Gasteiger charge is -2.12. The topological polar surface area (TPSA) is 59.6 Å². The van der Waals surface area contributed by atoms with Crippen molar-refractivity contribution in [3.8, 4) is 11.5 Å². The van der Waals surface area contributed by atoms with Gasteiger partial charge >= 0.3 is 6.03 Å². The largest absolute Gasteiger partial charge is 0.493 e. The monoisotopic (exact) mass is 342 g/mol. The van der Waals surface area contributed by atoms with Gasteiger partial charge in [0.15, 0.2) is 11.5 Å². The summed E-state index contributed by atoms with van der Waals surface area (Å²) < 4.78 is 10.9. The van der Waals surface area contributed by atoms with E-state index in [0.29, 0.717) is 25.3 Å². The maximum Gasteiger partial charge on any atom is 0.319 e. The molecule has 2 rings (SSSR count). The van der Waals surface area contributed by atoms with E-state index in [9.17, 15) is 4.79 Å². The van der Waals surface area contributed by atoms with Crippen LogP contribution in [0.15, 0.2) is 36.4 Å². The van der Waals surface area contributed by atoms with Crippen molar-refractivity contribution in [3.63, 3.8) is 0 Å². The van der Waals surface area contributed by atoms with E-state index in [0.717, 1.165) is 28.1 Å². The number of benzene rings is 2. The van der Waals surface area contributed by atoms with Crippen molar-refractivity contribution in [1.29, 1.82) is 0 Å². The summed E-state index contributed by atoms with van der Waals surface area (Å²) in [4.78, 5) is 12.1. The standard InChI is InChI=1S/C20H26N2O3/c1-5-25-18-9-8-16(13-19(18)24-4)10-11-21-20(23)22-17-12-14(2)6-7-15(17)3/h6-9,12-13H,5,10-11H2,1-4H3,(H2,21,22,23). The van der Waals surface area contributed by atoms with E-state index in [1.165, 1.54) is 0 Å². The summed E-state index contributed by atoms with van der Waals surface area (Å²) in [6.45, 7) is 7.04. The van der Waals surface area contributed by atoms with Crippen LogP contribution in [0.25, 0.3) is 0 Å². The van der Waals surface area contributed by atoms with Crippen molar-refractivity contribution in [2.45, 2.75) is 27.2 Å². The van der Waals surface area contributed by atoms with Gasteiger partial charge in [0.1, 0.15) is 0 Å². The van der Waals surface area contributed by atoms with Gasteiger partial charge in [0.05, 0.1) is 13.7 Å². The van der Waals surface area contributed by atoms with E-state index < -0.39 is 0 Å². The highest BCUT2D eigenvalue weighted by Crippen LogP contribution is 2.28. The van der Waals surface area contributed by atoms with Gasteiger partial charge in [-0.2, -0.15) is 0 Å². The number of urea groups is 1. The first-order valence-corrected chi connectivity index (χ1v) is 8.45. The third-order valence-electron chi connectivity index (χ3n) is 3.87. The van der Waals surface area contributed by atoms with Crippen LogP contribution < -0.4 is 20.1 Å². The first-order valence-electron chi connectivity index (χ1n) is 8.45. The minimum absolute atomic E-state index is 0.202. The van der Waals surface area contributed by atoms with E-state index in [1.54, 1.807) is 7.11 Å². The number of nitrogens with one attached hydrogen (secondary N) is 2. The highest BCUT2D eigenvalue weighted by molar-refractivity contribution is 5.90. The number of carbonyl (C=O) groups is 1. The third-order valence-corrected chi connectivity index (χ3v) is 3.87. The summed E-state index contributed by atoms with van der Waals surface area (Å²) >= 11 is 0. The lowest BCUT2D eigenvalue weighted by molar-refractivity contribution is 0.252. The molecule has 2 aromatic carbocycles. The Kier molecular flexibility index (Phi) is 6.69. The molecule has 5 nitrogen and oxygen atoms in total. The highest BCUT2D eigenvalue weighted by Gasteiger charge is 2.07. The van der Waals surface area contributed by atoms with E-state index in [2.05, 4.69) is 10.6 Å². The molecule has 0 aliphatic rings. The van der Waals surface area contributed by atoms with Crippen LogP contribution in [0.5, 0.6) is 11.5 Å². The van der Waals surface area contributed by atoms with Gasteiger partial charge in [0.2, 0.25) is 0 Å². The molecule has 0 spiro atoms. The molecule has 0 heterocycles. The minimum atomic E-state index is -0.202. The number of methoxy groups -OCH3 is 1. The van der Waals surface area contributed by atoms with Crippen LogP contribution in [0.4, 0.5) is 10.5 Å². The highest BCUT2D eigenvalue weighted by atomic mass is 16.5. The summed E-state index contributed by atoms with van der Waals surface area (Å²) in [6.07, 6.45) is 0.711. The first-order chi connectivity index (χ1) is 12.0. The average Bonchev–Trinajstić information content (AvgIpc) is 2.59. The normalized spacial score (nSPS) is 10.2. The smallest absolute Gasteiger partial charge is 0.319 e. The fourth-order valence-corrected chi connectivity index (χ4v) is 2.50. The van der Waals surface area contributed by atoms with Gasteiger partial charge in [-0.15, -0.1) is 0 Å². The maximum absolute atomic E-state index is 12.1. The molecule has 2 aromatic rings. The molecule has 2 amide bonds. The predicted molar refractivity (Wildman–Crippen MR) is 101 cm³/mol. The van der Waals surface area contributed by atoms with Crippen LogP contribution in [-0.4, -0.2) is 26.3 Å². The summed E-state index contributed by atoms with van der Waals surface area (Å²) in [7, 11) is 1.62. The van der Waals surface area contributed by atoms with E-state index in [1.807, 2.05) is 57.2 Å². The molecule has 0 radical (unpaired) electrons. The zero-order valence-electron chi connectivity index (χ0n) is 15.3. The van der Waals surface area contributed by atoms with Gasteiger partial charge < -0.3 is 20.1 Å². The fraction of sp³-hybridized carbons (Fsp3) is 0.350. The van der Waals surface area contributed by atoms with Crippen molar-refractivity contribution in [2.24, 2.45) is 0 Å². The molecule has 0 saturated carbocycles. The van der Waals surface area contributed by atoms with E-state index >= 15 is 0 Å². The molecule has 0 unspecified atom stereocenters. The molecular formula is C20H26N2O3. The number of rotatable bonds is 7. The molecule has 2 N–H and O–H groups in total. The zero-order valence-corrected chi connectivity index (χ0v) is 15.3. The molecule has 5 heteroatoms. The minimum Gasteiger partial charge on any atom is -0.493 e.